The molecule has 0 spiro atoms. The maximum Gasteiger partial charge on any atom is 0.148 e. The normalized spacial score (nSPS) is 10.4. The van der Waals surface area contributed by atoms with E-state index in [1.807, 2.05) is 6.92 Å². The quantitative estimate of drug-likeness (QED) is 0.611. The van der Waals surface area contributed by atoms with E-state index in [0.29, 0.717) is 36.9 Å². The number of nitrogens with zero attached hydrogens (tertiary/aromatic N) is 1. The van der Waals surface area contributed by atoms with Gasteiger partial charge in [0.2, 0.25) is 0 Å². The molecule has 17 heavy (non-hydrogen) atoms. The van der Waals surface area contributed by atoms with Gasteiger partial charge in [-0.1, -0.05) is 0 Å². The van der Waals surface area contributed by atoms with Crippen LogP contribution in [0.15, 0.2) is 12.1 Å². The molecule has 0 saturated carbocycles. The van der Waals surface area contributed by atoms with Gasteiger partial charge in [0, 0.05) is 32.3 Å². The standard InChI is InChI=1S/C12H19FN2O2/c1-4-17-6-5-15(2)11-8-12(16-3)10(14)7-9(11)13/h7-8H,4-6,14H2,1-3H3. The topological polar surface area (TPSA) is 47.7 Å². The number of hydrogen-bond donors (Lipinski definition) is 1. The van der Waals surface area contributed by atoms with Gasteiger partial charge in [0.1, 0.15) is 11.6 Å². The fraction of sp³-hybridized carbons (Fsp3) is 0.500. The van der Waals surface area contributed by atoms with Crippen molar-refractivity contribution < 1.29 is 13.9 Å². The Morgan fingerprint density at radius 3 is 2.71 bits per heavy atom. The van der Waals surface area contributed by atoms with Gasteiger partial charge in [0.15, 0.2) is 0 Å². The van der Waals surface area contributed by atoms with Gasteiger partial charge in [-0.15, -0.1) is 0 Å². The molecule has 96 valence electrons. The molecule has 0 aliphatic carbocycles. The predicted molar refractivity (Wildman–Crippen MR) is 67.1 cm³/mol. The molecule has 0 fully saturated rings. The second-order valence-electron chi connectivity index (χ2n) is 3.66. The van der Waals surface area contributed by atoms with Crippen LogP contribution in [0, 0.1) is 5.82 Å². The number of ether oxygens (including phenoxy) is 2. The summed E-state index contributed by atoms with van der Waals surface area (Å²) < 4.78 is 24.0. The summed E-state index contributed by atoms with van der Waals surface area (Å²) in [5.41, 5.74) is 6.37. The van der Waals surface area contributed by atoms with Gasteiger partial charge in [-0.05, 0) is 6.92 Å². The van der Waals surface area contributed by atoms with Crippen molar-refractivity contribution in [2.24, 2.45) is 0 Å². The first-order chi connectivity index (χ1) is 8.10. The highest BCUT2D eigenvalue weighted by Gasteiger charge is 2.11. The van der Waals surface area contributed by atoms with Crippen molar-refractivity contribution in [2.75, 3.05) is 44.5 Å². The summed E-state index contributed by atoms with van der Waals surface area (Å²) >= 11 is 0. The second-order valence-corrected chi connectivity index (χ2v) is 3.66. The molecule has 2 N–H and O–H groups in total. The van der Waals surface area contributed by atoms with E-state index >= 15 is 0 Å². The number of benzene rings is 1. The Kier molecular flexibility index (Phi) is 5.03. The number of rotatable bonds is 6. The summed E-state index contributed by atoms with van der Waals surface area (Å²) in [7, 11) is 3.31. The highest BCUT2D eigenvalue weighted by atomic mass is 19.1. The van der Waals surface area contributed by atoms with Crippen molar-refractivity contribution in [1.82, 2.24) is 0 Å². The maximum absolute atomic E-state index is 13.7. The minimum atomic E-state index is -0.359. The molecule has 0 aliphatic heterocycles. The van der Waals surface area contributed by atoms with Gasteiger partial charge >= 0.3 is 0 Å². The van der Waals surface area contributed by atoms with Crippen LogP contribution in [0.25, 0.3) is 0 Å². The van der Waals surface area contributed by atoms with E-state index in [1.165, 1.54) is 13.2 Å². The first-order valence-electron chi connectivity index (χ1n) is 5.52. The number of anilines is 2. The minimum Gasteiger partial charge on any atom is -0.495 e. The van der Waals surface area contributed by atoms with Gasteiger partial charge in [0.05, 0.1) is 25.1 Å². The third kappa shape index (κ3) is 3.49. The van der Waals surface area contributed by atoms with Gasteiger partial charge in [0.25, 0.3) is 0 Å². The highest BCUT2D eigenvalue weighted by molar-refractivity contribution is 5.63. The maximum atomic E-state index is 13.7. The lowest BCUT2D eigenvalue weighted by molar-refractivity contribution is 0.154. The molecule has 5 heteroatoms. The van der Waals surface area contributed by atoms with Crippen LogP contribution in [0.3, 0.4) is 0 Å². The van der Waals surface area contributed by atoms with E-state index in [2.05, 4.69) is 0 Å². The average molecular weight is 242 g/mol. The van der Waals surface area contributed by atoms with E-state index in [-0.39, 0.29) is 5.82 Å². The predicted octanol–water partition coefficient (Wildman–Crippen LogP) is 1.89. The molecule has 0 heterocycles. The molecule has 0 amide bonds. The van der Waals surface area contributed by atoms with Gasteiger partial charge in [-0.3, -0.25) is 0 Å². The number of likely N-dealkylation sites (N-methyl/N-ethyl adjacent to an activating group) is 1. The van der Waals surface area contributed by atoms with E-state index in [0.717, 1.165) is 0 Å². The molecule has 0 aromatic heterocycles. The molecule has 0 unspecified atom stereocenters. The molecule has 4 nitrogen and oxygen atoms in total. The third-order valence-corrected chi connectivity index (χ3v) is 2.49. The molecule has 0 atom stereocenters. The summed E-state index contributed by atoms with van der Waals surface area (Å²) in [5, 5.41) is 0. The number of hydrogen-bond acceptors (Lipinski definition) is 4. The fourth-order valence-corrected chi connectivity index (χ4v) is 1.49. The van der Waals surface area contributed by atoms with E-state index < -0.39 is 0 Å². The van der Waals surface area contributed by atoms with Gasteiger partial charge < -0.3 is 20.1 Å². The van der Waals surface area contributed by atoms with Crippen molar-refractivity contribution >= 4 is 11.4 Å². The zero-order chi connectivity index (χ0) is 12.8. The number of nitrogen functional groups attached to an aromatic ring is 1. The van der Waals surface area contributed by atoms with Gasteiger partial charge in [-0.25, -0.2) is 4.39 Å². The Balaban J connectivity index is 2.81. The van der Waals surface area contributed by atoms with Crippen LogP contribution in [0.4, 0.5) is 15.8 Å². The Bertz CT molecular complexity index is 372. The smallest absolute Gasteiger partial charge is 0.148 e. The van der Waals surface area contributed by atoms with Crippen molar-refractivity contribution in [2.45, 2.75) is 6.92 Å². The fourth-order valence-electron chi connectivity index (χ4n) is 1.49. The van der Waals surface area contributed by atoms with E-state index in [1.54, 1.807) is 18.0 Å². The van der Waals surface area contributed by atoms with E-state index in [4.69, 9.17) is 15.2 Å². The first-order valence-corrected chi connectivity index (χ1v) is 5.52. The Hall–Kier alpha value is -1.49. The SMILES string of the molecule is CCOCCN(C)c1cc(OC)c(N)cc1F. The van der Waals surface area contributed by atoms with Crippen molar-refractivity contribution in [1.29, 1.82) is 0 Å². The van der Waals surface area contributed by atoms with Crippen LogP contribution >= 0.6 is 0 Å². The summed E-state index contributed by atoms with van der Waals surface area (Å²) in [6.45, 7) is 3.74. The van der Waals surface area contributed by atoms with Crippen LogP contribution < -0.4 is 15.4 Å². The molecule has 0 aliphatic rings. The first kappa shape index (κ1) is 13.6. The lowest BCUT2D eigenvalue weighted by atomic mass is 10.2. The average Bonchev–Trinajstić information content (AvgIpc) is 2.29. The zero-order valence-electron chi connectivity index (χ0n) is 10.5. The summed E-state index contributed by atoms with van der Waals surface area (Å²) in [6, 6.07) is 2.86. The molecule has 0 radical (unpaired) electrons. The van der Waals surface area contributed by atoms with Crippen molar-refractivity contribution in [3.05, 3.63) is 17.9 Å². The Labute approximate surface area is 101 Å². The van der Waals surface area contributed by atoms with Crippen LogP contribution in [0.2, 0.25) is 0 Å². The molecule has 1 rings (SSSR count). The second kappa shape index (κ2) is 6.30. The Morgan fingerprint density at radius 1 is 1.41 bits per heavy atom. The summed E-state index contributed by atoms with van der Waals surface area (Å²) in [4.78, 5) is 1.77. The lowest BCUT2D eigenvalue weighted by Crippen LogP contribution is -2.23. The molecule has 1 aromatic rings. The number of methoxy groups -OCH3 is 1. The molecular formula is C12H19FN2O2. The number of halogens is 1. The van der Waals surface area contributed by atoms with Crippen molar-refractivity contribution in [3.8, 4) is 5.75 Å². The van der Waals surface area contributed by atoms with Crippen molar-refractivity contribution in [3.63, 3.8) is 0 Å². The van der Waals surface area contributed by atoms with Crippen LogP contribution in [-0.4, -0.2) is 33.9 Å². The van der Waals surface area contributed by atoms with Crippen LogP contribution in [0.1, 0.15) is 6.92 Å². The minimum absolute atomic E-state index is 0.298. The third-order valence-electron chi connectivity index (χ3n) is 2.49. The monoisotopic (exact) mass is 242 g/mol. The largest absolute Gasteiger partial charge is 0.495 e. The van der Waals surface area contributed by atoms with Crippen LogP contribution in [-0.2, 0) is 4.74 Å². The van der Waals surface area contributed by atoms with Gasteiger partial charge in [-0.2, -0.15) is 0 Å². The van der Waals surface area contributed by atoms with Crippen LogP contribution in [0.5, 0.6) is 5.75 Å². The summed E-state index contributed by atoms with van der Waals surface area (Å²) in [6.07, 6.45) is 0. The molecular weight excluding hydrogens is 223 g/mol. The molecule has 0 bridgehead atoms. The molecule has 0 saturated heterocycles. The lowest BCUT2D eigenvalue weighted by Gasteiger charge is -2.21. The van der Waals surface area contributed by atoms with E-state index in [9.17, 15) is 4.39 Å². The molecule has 1 aromatic carbocycles. The summed E-state index contributed by atoms with van der Waals surface area (Å²) in [5.74, 6) is 0.118. The number of nitrogens with two attached hydrogens (primary N) is 1. The highest BCUT2D eigenvalue weighted by Crippen LogP contribution is 2.29. The zero-order valence-corrected chi connectivity index (χ0v) is 10.5. The Morgan fingerprint density at radius 2 is 2.12 bits per heavy atom.